The Labute approximate surface area is 120 Å². The summed E-state index contributed by atoms with van der Waals surface area (Å²) in [5, 5.41) is 4.82. The quantitative estimate of drug-likeness (QED) is 0.741. The van der Waals surface area contributed by atoms with Crippen molar-refractivity contribution in [2.75, 3.05) is 18.4 Å². The van der Waals surface area contributed by atoms with Crippen molar-refractivity contribution in [1.29, 1.82) is 0 Å². The predicted molar refractivity (Wildman–Crippen MR) is 74.1 cm³/mol. The van der Waals surface area contributed by atoms with Crippen molar-refractivity contribution in [3.05, 3.63) is 29.8 Å². The monoisotopic (exact) mass is 297 g/mol. The van der Waals surface area contributed by atoms with Crippen molar-refractivity contribution >= 4 is 17.5 Å². The molecule has 0 aliphatic heterocycles. The second kappa shape index (κ2) is 6.17. The smallest absolute Gasteiger partial charge is 0.277 e. The van der Waals surface area contributed by atoms with Crippen LogP contribution in [0.1, 0.15) is 23.2 Å². The van der Waals surface area contributed by atoms with Gasteiger partial charge < -0.3 is 16.4 Å². The van der Waals surface area contributed by atoms with Crippen molar-refractivity contribution in [3.63, 3.8) is 0 Å². The lowest BCUT2D eigenvalue weighted by atomic mass is 10.1. The van der Waals surface area contributed by atoms with Gasteiger partial charge in [-0.1, -0.05) is 6.07 Å². The molecule has 1 saturated carbocycles. The highest BCUT2D eigenvalue weighted by Gasteiger charge is 2.30. The second-order valence-electron chi connectivity index (χ2n) is 5.09. The standard InChI is InChI=1S/C14H17F2N3O2/c15-14(16,7-17)8-18-12(20)10-2-1-3-11(6-10)19-13(21)9-4-5-9/h1-3,6,9H,4-5,7-8,17H2,(H,18,20)(H,19,21). The van der Waals surface area contributed by atoms with Crippen molar-refractivity contribution in [2.24, 2.45) is 11.7 Å². The summed E-state index contributed by atoms with van der Waals surface area (Å²) in [6, 6.07) is 6.17. The molecule has 0 atom stereocenters. The number of carbonyl (C=O) groups excluding carboxylic acids is 2. The number of halogens is 2. The highest BCUT2D eigenvalue weighted by Crippen LogP contribution is 2.30. The summed E-state index contributed by atoms with van der Waals surface area (Å²) in [4.78, 5) is 23.4. The summed E-state index contributed by atoms with van der Waals surface area (Å²) in [5.41, 5.74) is 5.58. The summed E-state index contributed by atoms with van der Waals surface area (Å²) in [6.07, 6.45) is 1.75. The number of carbonyl (C=O) groups is 2. The van der Waals surface area contributed by atoms with Crippen molar-refractivity contribution in [2.45, 2.75) is 18.8 Å². The van der Waals surface area contributed by atoms with Crippen molar-refractivity contribution < 1.29 is 18.4 Å². The largest absolute Gasteiger partial charge is 0.346 e. The molecule has 2 amide bonds. The maximum atomic E-state index is 13.0. The number of nitrogens with two attached hydrogens (primary N) is 1. The molecule has 5 nitrogen and oxygen atoms in total. The molecule has 2 rings (SSSR count). The Balaban J connectivity index is 1.96. The van der Waals surface area contributed by atoms with E-state index in [0.717, 1.165) is 12.8 Å². The van der Waals surface area contributed by atoms with Gasteiger partial charge >= 0.3 is 0 Å². The number of rotatable bonds is 6. The van der Waals surface area contributed by atoms with Crippen LogP contribution in [0.4, 0.5) is 14.5 Å². The zero-order chi connectivity index (χ0) is 15.5. The fourth-order valence-electron chi connectivity index (χ4n) is 1.71. The van der Waals surface area contributed by atoms with Crippen LogP contribution in [0.25, 0.3) is 0 Å². The van der Waals surface area contributed by atoms with Gasteiger partial charge in [0.05, 0.1) is 13.1 Å². The van der Waals surface area contributed by atoms with E-state index in [0.29, 0.717) is 5.69 Å². The molecule has 0 radical (unpaired) electrons. The van der Waals surface area contributed by atoms with Gasteiger partial charge in [0.2, 0.25) is 5.91 Å². The lowest BCUT2D eigenvalue weighted by molar-refractivity contribution is -0.117. The van der Waals surface area contributed by atoms with E-state index in [2.05, 4.69) is 10.6 Å². The molecule has 1 aromatic carbocycles. The fourth-order valence-corrected chi connectivity index (χ4v) is 1.71. The first kappa shape index (κ1) is 15.4. The van der Waals surface area contributed by atoms with Crippen molar-refractivity contribution in [1.82, 2.24) is 5.32 Å². The lowest BCUT2D eigenvalue weighted by Crippen LogP contribution is -2.41. The van der Waals surface area contributed by atoms with Crippen LogP contribution in [0.2, 0.25) is 0 Å². The molecule has 0 spiro atoms. The van der Waals surface area contributed by atoms with E-state index in [4.69, 9.17) is 5.73 Å². The van der Waals surface area contributed by atoms with Gasteiger partial charge in [0.1, 0.15) is 0 Å². The van der Waals surface area contributed by atoms with Gasteiger partial charge in [0.25, 0.3) is 11.8 Å². The van der Waals surface area contributed by atoms with Crippen LogP contribution in [0.3, 0.4) is 0 Å². The topological polar surface area (TPSA) is 84.2 Å². The third kappa shape index (κ3) is 4.49. The second-order valence-corrected chi connectivity index (χ2v) is 5.09. The molecule has 0 bridgehead atoms. The van der Waals surface area contributed by atoms with Crippen LogP contribution in [0.5, 0.6) is 0 Å². The maximum absolute atomic E-state index is 13.0. The number of amides is 2. The molecule has 7 heteroatoms. The third-order valence-electron chi connectivity index (χ3n) is 3.15. The molecule has 21 heavy (non-hydrogen) atoms. The summed E-state index contributed by atoms with van der Waals surface area (Å²) >= 11 is 0. The minimum absolute atomic E-state index is 0.0470. The number of nitrogens with one attached hydrogen (secondary N) is 2. The Hall–Kier alpha value is -2.02. The Morgan fingerprint density at radius 1 is 1.33 bits per heavy atom. The molecule has 0 aromatic heterocycles. The Kier molecular flexibility index (Phi) is 4.52. The van der Waals surface area contributed by atoms with E-state index in [1.54, 1.807) is 12.1 Å². The third-order valence-corrected chi connectivity index (χ3v) is 3.15. The molecule has 4 N–H and O–H groups in total. The van der Waals surface area contributed by atoms with Crippen LogP contribution in [-0.4, -0.2) is 30.8 Å². The number of hydrogen-bond acceptors (Lipinski definition) is 3. The fraction of sp³-hybridized carbons (Fsp3) is 0.429. The highest BCUT2D eigenvalue weighted by atomic mass is 19.3. The molecule has 1 fully saturated rings. The molecule has 0 unspecified atom stereocenters. The SMILES string of the molecule is NCC(F)(F)CNC(=O)c1cccc(NC(=O)C2CC2)c1. The Bertz CT molecular complexity index is 545. The van der Waals surface area contributed by atoms with Crippen LogP contribution < -0.4 is 16.4 Å². The van der Waals surface area contributed by atoms with Gasteiger partial charge in [0, 0.05) is 17.2 Å². The molecule has 1 aliphatic carbocycles. The van der Waals surface area contributed by atoms with Gasteiger partial charge in [-0.15, -0.1) is 0 Å². The van der Waals surface area contributed by atoms with Crippen LogP contribution in [0.15, 0.2) is 24.3 Å². The van der Waals surface area contributed by atoms with Crippen LogP contribution in [0, 0.1) is 5.92 Å². The number of alkyl halides is 2. The summed E-state index contributed by atoms with van der Waals surface area (Å²) < 4.78 is 26.0. The van der Waals surface area contributed by atoms with Gasteiger partial charge in [0.15, 0.2) is 0 Å². The van der Waals surface area contributed by atoms with Gasteiger partial charge in [-0.3, -0.25) is 9.59 Å². The van der Waals surface area contributed by atoms with E-state index < -0.39 is 24.9 Å². The highest BCUT2D eigenvalue weighted by molar-refractivity contribution is 5.98. The number of benzene rings is 1. The molecule has 1 aliphatic rings. The molecule has 114 valence electrons. The minimum Gasteiger partial charge on any atom is -0.346 e. The van der Waals surface area contributed by atoms with Gasteiger partial charge in [-0.05, 0) is 31.0 Å². The molecule has 0 saturated heterocycles. The summed E-state index contributed by atoms with van der Waals surface area (Å²) in [7, 11) is 0. The zero-order valence-corrected chi connectivity index (χ0v) is 11.4. The maximum Gasteiger partial charge on any atom is 0.277 e. The summed E-state index contributed by atoms with van der Waals surface area (Å²) in [6.45, 7) is -1.65. The first-order valence-electron chi connectivity index (χ1n) is 6.68. The van der Waals surface area contributed by atoms with Gasteiger partial charge in [-0.2, -0.15) is 0 Å². The molecule has 0 heterocycles. The van der Waals surface area contributed by atoms with Crippen LogP contribution >= 0.6 is 0 Å². The Morgan fingerprint density at radius 3 is 2.67 bits per heavy atom. The number of anilines is 1. The van der Waals surface area contributed by atoms with E-state index in [1.807, 2.05) is 0 Å². The Morgan fingerprint density at radius 2 is 2.05 bits per heavy atom. The first-order chi connectivity index (χ1) is 9.91. The van der Waals surface area contributed by atoms with E-state index >= 15 is 0 Å². The average Bonchev–Trinajstić information content (AvgIpc) is 3.30. The van der Waals surface area contributed by atoms with E-state index in [9.17, 15) is 18.4 Å². The van der Waals surface area contributed by atoms with Gasteiger partial charge in [-0.25, -0.2) is 8.78 Å². The van der Waals surface area contributed by atoms with Crippen molar-refractivity contribution in [3.8, 4) is 0 Å². The zero-order valence-electron chi connectivity index (χ0n) is 11.4. The first-order valence-corrected chi connectivity index (χ1v) is 6.68. The normalized spacial score (nSPS) is 14.6. The lowest BCUT2D eigenvalue weighted by Gasteiger charge is -2.14. The molecular weight excluding hydrogens is 280 g/mol. The van der Waals surface area contributed by atoms with Crippen LogP contribution in [-0.2, 0) is 4.79 Å². The predicted octanol–water partition coefficient (Wildman–Crippen LogP) is 1.36. The summed E-state index contributed by atoms with van der Waals surface area (Å²) in [5.74, 6) is -3.80. The van der Waals surface area contributed by atoms with E-state index in [1.165, 1.54) is 12.1 Å². The minimum atomic E-state index is -3.13. The molecular formula is C14H17F2N3O2. The van der Waals surface area contributed by atoms with E-state index in [-0.39, 0.29) is 17.4 Å². The molecule has 1 aromatic rings. The average molecular weight is 297 g/mol. The number of hydrogen-bond donors (Lipinski definition) is 3.